The van der Waals surface area contributed by atoms with Crippen molar-refractivity contribution in [2.75, 3.05) is 7.11 Å². The maximum atomic E-state index is 12.2. The van der Waals surface area contributed by atoms with Gasteiger partial charge >= 0.3 is 0 Å². The number of para-hydroxylation sites is 1. The highest BCUT2D eigenvalue weighted by molar-refractivity contribution is 6.00. The van der Waals surface area contributed by atoms with Gasteiger partial charge in [0.1, 0.15) is 5.75 Å². The van der Waals surface area contributed by atoms with E-state index in [0.717, 1.165) is 27.8 Å². The second-order valence-corrected chi connectivity index (χ2v) is 5.79. The molecule has 0 saturated heterocycles. The minimum absolute atomic E-state index is 0.150. The van der Waals surface area contributed by atoms with Crippen molar-refractivity contribution in [1.82, 2.24) is 15.6 Å². The molecule has 0 saturated carbocycles. The first-order valence-electron chi connectivity index (χ1n) is 8.25. The quantitative estimate of drug-likeness (QED) is 0.420. The number of aromatic nitrogens is 2. The zero-order valence-corrected chi connectivity index (χ0v) is 14.5. The minimum atomic E-state index is -0.449. The molecule has 0 aliphatic carbocycles. The summed E-state index contributed by atoms with van der Waals surface area (Å²) >= 11 is 0. The number of fused-ring (bicyclic) bond motifs is 1. The zero-order valence-electron chi connectivity index (χ0n) is 14.5. The average Bonchev–Trinajstić information content (AvgIpc) is 3.36. The van der Waals surface area contributed by atoms with Gasteiger partial charge in [-0.1, -0.05) is 23.4 Å². The van der Waals surface area contributed by atoms with Gasteiger partial charge in [0.15, 0.2) is 11.5 Å². The number of carbonyl (C=O) groups is 1. The van der Waals surface area contributed by atoms with Crippen LogP contribution in [-0.2, 0) is 0 Å². The lowest BCUT2D eigenvalue weighted by Gasteiger charge is -1.99. The highest BCUT2D eigenvalue weighted by Crippen LogP contribution is 2.23. The summed E-state index contributed by atoms with van der Waals surface area (Å²) < 4.78 is 10.4. The molecule has 0 aliphatic heterocycles. The Morgan fingerprint density at radius 3 is 2.85 bits per heavy atom. The van der Waals surface area contributed by atoms with Crippen LogP contribution in [0.5, 0.6) is 5.75 Å². The van der Waals surface area contributed by atoms with E-state index in [0.29, 0.717) is 5.76 Å². The number of aromatic amines is 1. The molecule has 0 spiro atoms. The van der Waals surface area contributed by atoms with Crippen LogP contribution >= 0.6 is 0 Å². The highest BCUT2D eigenvalue weighted by Gasteiger charge is 2.13. The van der Waals surface area contributed by atoms with Crippen molar-refractivity contribution in [3.63, 3.8) is 0 Å². The van der Waals surface area contributed by atoms with Gasteiger partial charge in [-0.3, -0.25) is 4.79 Å². The van der Waals surface area contributed by atoms with Crippen LogP contribution < -0.4 is 10.2 Å². The molecule has 7 nitrogen and oxygen atoms in total. The first-order valence-corrected chi connectivity index (χ1v) is 8.25. The van der Waals surface area contributed by atoms with Crippen molar-refractivity contribution in [2.24, 2.45) is 5.10 Å². The highest BCUT2D eigenvalue weighted by atomic mass is 16.5. The second kappa shape index (κ2) is 7.17. The van der Waals surface area contributed by atoms with Crippen LogP contribution in [0, 0.1) is 0 Å². The first kappa shape index (κ1) is 16.6. The summed E-state index contributed by atoms with van der Waals surface area (Å²) in [7, 11) is 1.60. The lowest BCUT2D eigenvalue weighted by Crippen LogP contribution is -2.17. The summed E-state index contributed by atoms with van der Waals surface area (Å²) in [5, 5.41) is 8.83. The van der Waals surface area contributed by atoms with E-state index in [-0.39, 0.29) is 5.69 Å². The third-order valence-corrected chi connectivity index (χ3v) is 4.11. The number of nitrogens with zero attached hydrogens (tertiary/aromatic N) is 2. The van der Waals surface area contributed by atoms with E-state index >= 15 is 0 Å². The second-order valence-electron chi connectivity index (χ2n) is 5.79. The Balaban J connectivity index is 1.45. The number of hydrogen-bond acceptors (Lipinski definition) is 5. The van der Waals surface area contributed by atoms with Gasteiger partial charge in [-0.2, -0.15) is 5.10 Å². The van der Waals surface area contributed by atoms with E-state index in [1.54, 1.807) is 19.4 Å². The van der Waals surface area contributed by atoms with Gasteiger partial charge in [0.2, 0.25) is 0 Å². The third kappa shape index (κ3) is 3.43. The number of amides is 1. The molecular formula is C20H16N4O3. The number of rotatable bonds is 5. The third-order valence-electron chi connectivity index (χ3n) is 4.11. The van der Waals surface area contributed by atoms with Gasteiger partial charge in [-0.05, 0) is 30.3 Å². The number of methoxy groups -OCH3 is 1. The van der Waals surface area contributed by atoms with Gasteiger partial charge in [-0.15, -0.1) is 0 Å². The van der Waals surface area contributed by atoms with Crippen molar-refractivity contribution < 1.29 is 14.1 Å². The molecule has 4 aromatic rings. The SMILES string of the molecule is COc1ccc(-c2cc(C(=O)N/N=C/c3c[nH]c4ccccc34)no2)cc1. The number of hydrogen-bond donors (Lipinski definition) is 2. The molecular weight excluding hydrogens is 344 g/mol. The first-order chi connectivity index (χ1) is 13.2. The van der Waals surface area contributed by atoms with Crippen LogP contribution in [0.4, 0.5) is 0 Å². The van der Waals surface area contributed by atoms with Gasteiger partial charge in [0, 0.05) is 34.3 Å². The molecule has 0 bridgehead atoms. The molecule has 1 amide bonds. The Morgan fingerprint density at radius 1 is 1.22 bits per heavy atom. The molecule has 7 heteroatoms. The Morgan fingerprint density at radius 2 is 2.04 bits per heavy atom. The van der Waals surface area contributed by atoms with E-state index in [9.17, 15) is 4.79 Å². The van der Waals surface area contributed by atoms with Gasteiger partial charge in [-0.25, -0.2) is 5.43 Å². The molecule has 27 heavy (non-hydrogen) atoms. The van der Waals surface area contributed by atoms with Crippen molar-refractivity contribution in [1.29, 1.82) is 0 Å². The fourth-order valence-corrected chi connectivity index (χ4v) is 2.69. The lowest BCUT2D eigenvalue weighted by molar-refractivity contribution is 0.0946. The number of nitrogens with one attached hydrogen (secondary N) is 2. The fraction of sp³-hybridized carbons (Fsp3) is 0.0500. The molecule has 2 aromatic heterocycles. The lowest BCUT2D eigenvalue weighted by atomic mass is 10.1. The van der Waals surface area contributed by atoms with E-state index in [4.69, 9.17) is 9.26 Å². The van der Waals surface area contributed by atoms with Crippen molar-refractivity contribution >= 4 is 23.0 Å². The molecule has 2 N–H and O–H groups in total. The molecule has 0 aliphatic rings. The predicted octanol–water partition coefficient (Wildman–Crippen LogP) is 3.60. The zero-order chi connectivity index (χ0) is 18.6. The van der Waals surface area contributed by atoms with E-state index in [1.807, 2.05) is 54.7 Å². The van der Waals surface area contributed by atoms with E-state index in [1.165, 1.54) is 0 Å². The fourth-order valence-electron chi connectivity index (χ4n) is 2.69. The predicted molar refractivity (Wildman–Crippen MR) is 102 cm³/mol. The van der Waals surface area contributed by atoms with Gasteiger partial charge in [0.05, 0.1) is 13.3 Å². The van der Waals surface area contributed by atoms with E-state index in [2.05, 4.69) is 20.7 Å². The average molecular weight is 360 g/mol. The topological polar surface area (TPSA) is 92.5 Å². The van der Waals surface area contributed by atoms with Crippen LogP contribution in [0.25, 0.3) is 22.2 Å². The van der Waals surface area contributed by atoms with Crippen LogP contribution in [0.15, 0.2) is 70.4 Å². The molecule has 2 aromatic carbocycles. The molecule has 2 heterocycles. The van der Waals surface area contributed by atoms with Crippen LogP contribution in [-0.4, -0.2) is 29.4 Å². The maximum absolute atomic E-state index is 12.2. The van der Waals surface area contributed by atoms with E-state index < -0.39 is 5.91 Å². The normalized spacial score (nSPS) is 11.1. The van der Waals surface area contributed by atoms with Gasteiger partial charge < -0.3 is 14.2 Å². The monoisotopic (exact) mass is 360 g/mol. The smallest absolute Gasteiger partial charge is 0.293 e. The Hall–Kier alpha value is -3.87. The molecule has 4 rings (SSSR count). The molecule has 134 valence electrons. The van der Waals surface area contributed by atoms with Crippen molar-refractivity contribution in [2.45, 2.75) is 0 Å². The maximum Gasteiger partial charge on any atom is 0.293 e. The number of benzene rings is 2. The van der Waals surface area contributed by atoms with Crippen LogP contribution in [0.2, 0.25) is 0 Å². The van der Waals surface area contributed by atoms with Gasteiger partial charge in [0.25, 0.3) is 5.91 Å². The van der Waals surface area contributed by atoms with Crippen LogP contribution in [0.3, 0.4) is 0 Å². The Bertz CT molecular complexity index is 1110. The number of ether oxygens (including phenoxy) is 1. The number of H-pyrrole nitrogens is 1. The number of carbonyl (C=O) groups excluding carboxylic acids is 1. The molecule has 0 radical (unpaired) electrons. The van der Waals surface area contributed by atoms with Crippen LogP contribution in [0.1, 0.15) is 16.1 Å². The van der Waals surface area contributed by atoms with Crippen molar-refractivity contribution in [3.05, 3.63) is 72.1 Å². The summed E-state index contributed by atoms with van der Waals surface area (Å²) in [5.41, 5.74) is 5.29. The summed E-state index contributed by atoms with van der Waals surface area (Å²) in [4.78, 5) is 15.4. The molecule has 0 unspecified atom stereocenters. The Labute approximate surface area is 154 Å². The summed E-state index contributed by atoms with van der Waals surface area (Å²) in [6.45, 7) is 0. The standard InChI is InChI=1S/C20H16N4O3/c1-26-15-8-6-13(7-9-15)19-10-18(24-27-19)20(25)23-22-12-14-11-21-17-5-3-2-4-16(14)17/h2-12,21H,1H3,(H,23,25)/b22-12+. The molecule has 0 fully saturated rings. The Kier molecular flexibility index (Phi) is 4.40. The number of hydrazone groups is 1. The summed E-state index contributed by atoms with van der Waals surface area (Å²) in [6, 6.07) is 16.7. The molecule has 0 atom stereocenters. The largest absolute Gasteiger partial charge is 0.497 e. The summed E-state index contributed by atoms with van der Waals surface area (Å²) in [5.74, 6) is 0.779. The van der Waals surface area contributed by atoms with Crippen molar-refractivity contribution in [3.8, 4) is 17.1 Å². The minimum Gasteiger partial charge on any atom is -0.497 e. The summed E-state index contributed by atoms with van der Waals surface area (Å²) in [6.07, 6.45) is 3.42.